The second kappa shape index (κ2) is 8.75. The van der Waals surface area contributed by atoms with Crippen LogP contribution in [0.2, 0.25) is 5.02 Å². The van der Waals surface area contributed by atoms with Gasteiger partial charge in [-0.25, -0.2) is 0 Å². The quantitative estimate of drug-likeness (QED) is 0.583. The SMILES string of the molecule is Cc1ccc(Cl)cc1N1CCN(C(=O)CCc2ccc(-c3ccccc3)o2)CC1. The molecule has 0 aliphatic carbocycles. The van der Waals surface area contributed by atoms with Gasteiger partial charge in [-0.1, -0.05) is 48.0 Å². The van der Waals surface area contributed by atoms with Crippen molar-refractivity contribution in [3.05, 3.63) is 77.0 Å². The van der Waals surface area contributed by atoms with Crippen molar-refractivity contribution in [3.63, 3.8) is 0 Å². The summed E-state index contributed by atoms with van der Waals surface area (Å²) >= 11 is 6.16. The van der Waals surface area contributed by atoms with Crippen LogP contribution in [-0.4, -0.2) is 37.0 Å². The van der Waals surface area contributed by atoms with Crippen molar-refractivity contribution < 1.29 is 9.21 Å². The molecule has 0 bridgehead atoms. The molecule has 1 saturated heterocycles. The van der Waals surface area contributed by atoms with Gasteiger partial charge in [0.1, 0.15) is 11.5 Å². The van der Waals surface area contributed by atoms with Crippen LogP contribution in [0.1, 0.15) is 17.7 Å². The van der Waals surface area contributed by atoms with E-state index in [1.54, 1.807) is 0 Å². The van der Waals surface area contributed by atoms with Crippen molar-refractivity contribution in [2.24, 2.45) is 0 Å². The summed E-state index contributed by atoms with van der Waals surface area (Å²) in [5.41, 5.74) is 3.42. The van der Waals surface area contributed by atoms with Crippen LogP contribution in [-0.2, 0) is 11.2 Å². The number of piperazine rings is 1. The van der Waals surface area contributed by atoms with Gasteiger partial charge in [-0.05, 0) is 36.8 Å². The van der Waals surface area contributed by atoms with E-state index in [2.05, 4.69) is 11.8 Å². The normalized spacial score (nSPS) is 14.3. The highest BCUT2D eigenvalue weighted by molar-refractivity contribution is 6.30. The fourth-order valence-corrected chi connectivity index (χ4v) is 3.94. The molecule has 1 aliphatic heterocycles. The number of amides is 1. The maximum Gasteiger partial charge on any atom is 0.223 e. The first-order valence-electron chi connectivity index (χ1n) is 10.0. The predicted octanol–water partition coefficient (Wildman–Crippen LogP) is 5.19. The molecule has 0 spiro atoms. The van der Waals surface area contributed by atoms with Gasteiger partial charge in [0.25, 0.3) is 0 Å². The smallest absolute Gasteiger partial charge is 0.223 e. The third-order valence-electron chi connectivity index (χ3n) is 5.45. The van der Waals surface area contributed by atoms with Crippen molar-refractivity contribution in [3.8, 4) is 11.3 Å². The number of carbonyl (C=O) groups excluding carboxylic acids is 1. The number of benzene rings is 2. The highest BCUT2D eigenvalue weighted by atomic mass is 35.5. The Kier molecular flexibility index (Phi) is 5.91. The number of aryl methyl sites for hydroxylation is 2. The van der Waals surface area contributed by atoms with Gasteiger partial charge in [0.05, 0.1) is 0 Å². The number of nitrogens with zero attached hydrogens (tertiary/aromatic N) is 2. The molecule has 0 radical (unpaired) electrons. The van der Waals surface area contributed by atoms with Gasteiger partial charge in [-0.2, -0.15) is 0 Å². The topological polar surface area (TPSA) is 36.7 Å². The summed E-state index contributed by atoms with van der Waals surface area (Å²) in [5, 5.41) is 0.748. The molecule has 1 amide bonds. The van der Waals surface area contributed by atoms with E-state index in [1.807, 2.05) is 65.6 Å². The average molecular weight is 409 g/mol. The number of anilines is 1. The molecule has 4 nitrogen and oxygen atoms in total. The first-order valence-corrected chi connectivity index (χ1v) is 10.4. The maximum atomic E-state index is 12.7. The average Bonchev–Trinajstić information content (AvgIpc) is 3.24. The van der Waals surface area contributed by atoms with Gasteiger partial charge >= 0.3 is 0 Å². The molecule has 1 aliphatic rings. The zero-order chi connectivity index (χ0) is 20.2. The molecule has 3 aromatic rings. The van der Waals surface area contributed by atoms with E-state index < -0.39 is 0 Å². The van der Waals surface area contributed by atoms with Crippen LogP contribution in [0.15, 0.2) is 65.1 Å². The first-order chi connectivity index (χ1) is 14.1. The molecule has 0 atom stereocenters. The monoisotopic (exact) mass is 408 g/mol. The first kappa shape index (κ1) is 19.6. The summed E-state index contributed by atoms with van der Waals surface area (Å²) in [6.07, 6.45) is 1.09. The predicted molar refractivity (Wildman–Crippen MR) is 117 cm³/mol. The van der Waals surface area contributed by atoms with E-state index in [1.165, 1.54) is 5.56 Å². The summed E-state index contributed by atoms with van der Waals surface area (Å²) in [4.78, 5) is 16.9. The number of hydrogen-bond donors (Lipinski definition) is 0. The van der Waals surface area contributed by atoms with Crippen LogP contribution in [0.5, 0.6) is 0 Å². The highest BCUT2D eigenvalue weighted by Gasteiger charge is 2.22. The standard InChI is InChI=1S/C24H25ClN2O2/c1-18-7-8-20(25)17-22(18)26-13-15-27(16-14-26)24(28)12-10-21-9-11-23(29-21)19-5-3-2-4-6-19/h2-9,11,17H,10,12-16H2,1H3. The Labute approximate surface area is 176 Å². The van der Waals surface area contributed by atoms with Gasteiger partial charge in [0.2, 0.25) is 5.91 Å². The minimum Gasteiger partial charge on any atom is -0.461 e. The molecule has 0 saturated carbocycles. The summed E-state index contributed by atoms with van der Waals surface area (Å²) < 4.78 is 5.92. The zero-order valence-electron chi connectivity index (χ0n) is 16.6. The van der Waals surface area contributed by atoms with Crippen LogP contribution in [0.4, 0.5) is 5.69 Å². The molecule has 29 heavy (non-hydrogen) atoms. The Bertz CT molecular complexity index is 976. The molecule has 1 aromatic heterocycles. The molecular formula is C24H25ClN2O2. The van der Waals surface area contributed by atoms with Crippen LogP contribution >= 0.6 is 11.6 Å². The fourth-order valence-electron chi connectivity index (χ4n) is 3.78. The Morgan fingerprint density at radius 3 is 2.52 bits per heavy atom. The van der Waals surface area contributed by atoms with E-state index in [4.69, 9.17) is 16.0 Å². The second-order valence-electron chi connectivity index (χ2n) is 7.43. The lowest BCUT2D eigenvalue weighted by Gasteiger charge is -2.37. The molecule has 0 N–H and O–H groups in total. The number of hydrogen-bond acceptors (Lipinski definition) is 3. The number of halogens is 1. The Balaban J connectivity index is 1.29. The fraction of sp³-hybridized carbons (Fsp3) is 0.292. The minimum absolute atomic E-state index is 0.185. The van der Waals surface area contributed by atoms with Gasteiger partial charge in [-0.3, -0.25) is 4.79 Å². The summed E-state index contributed by atoms with van der Waals surface area (Å²) in [6.45, 7) is 5.21. The van der Waals surface area contributed by atoms with Crippen molar-refractivity contribution in [1.82, 2.24) is 4.90 Å². The van der Waals surface area contributed by atoms with Crippen LogP contribution < -0.4 is 4.90 Å². The lowest BCUT2D eigenvalue weighted by Crippen LogP contribution is -2.49. The van der Waals surface area contributed by atoms with E-state index in [0.717, 1.165) is 54.0 Å². The van der Waals surface area contributed by atoms with E-state index in [0.29, 0.717) is 12.8 Å². The third-order valence-corrected chi connectivity index (χ3v) is 5.68. The minimum atomic E-state index is 0.185. The number of rotatable bonds is 5. The van der Waals surface area contributed by atoms with Crippen LogP contribution in [0.25, 0.3) is 11.3 Å². The largest absolute Gasteiger partial charge is 0.461 e. The Hall–Kier alpha value is -2.72. The molecular weight excluding hydrogens is 384 g/mol. The van der Waals surface area contributed by atoms with Crippen molar-refractivity contribution >= 4 is 23.2 Å². The number of furan rings is 1. The third kappa shape index (κ3) is 4.65. The van der Waals surface area contributed by atoms with E-state index in [-0.39, 0.29) is 5.91 Å². The molecule has 0 unspecified atom stereocenters. The van der Waals surface area contributed by atoms with Gasteiger partial charge < -0.3 is 14.2 Å². The van der Waals surface area contributed by atoms with Gasteiger partial charge in [0.15, 0.2) is 0 Å². The van der Waals surface area contributed by atoms with Crippen molar-refractivity contribution in [2.45, 2.75) is 19.8 Å². The van der Waals surface area contributed by atoms with Gasteiger partial charge in [-0.15, -0.1) is 0 Å². The second-order valence-corrected chi connectivity index (χ2v) is 7.87. The van der Waals surface area contributed by atoms with Crippen LogP contribution in [0, 0.1) is 6.92 Å². The summed E-state index contributed by atoms with van der Waals surface area (Å²) in [5.74, 6) is 1.88. The Morgan fingerprint density at radius 2 is 1.76 bits per heavy atom. The van der Waals surface area contributed by atoms with Crippen LogP contribution in [0.3, 0.4) is 0 Å². The maximum absolute atomic E-state index is 12.7. The molecule has 2 aromatic carbocycles. The van der Waals surface area contributed by atoms with E-state index >= 15 is 0 Å². The van der Waals surface area contributed by atoms with Crippen molar-refractivity contribution in [2.75, 3.05) is 31.1 Å². The Morgan fingerprint density at radius 1 is 1.00 bits per heavy atom. The zero-order valence-corrected chi connectivity index (χ0v) is 17.4. The molecule has 2 heterocycles. The van der Waals surface area contributed by atoms with Crippen molar-refractivity contribution in [1.29, 1.82) is 0 Å². The van der Waals surface area contributed by atoms with Gasteiger partial charge in [0, 0.05) is 55.3 Å². The lowest BCUT2D eigenvalue weighted by molar-refractivity contribution is -0.131. The molecule has 1 fully saturated rings. The molecule has 5 heteroatoms. The number of carbonyl (C=O) groups is 1. The lowest BCUT2D eigenvalue weighted by atomic mass is 10.1. The highest BCUT2D eigenvalue weighted by Crippen LogP contribution is 2.26. The summed E-state index contributed by atoms with van der Waals surface area (Å²) in [7, 11) is 0. The molecule has 4 rings (SSSR count). The summed E-state index contributed by atoms with van der Waals surface area (Å²) in [6, 6.07) is 19.9. The molecule has 150 valence electrons. The van der Waals surface area contributed by atoms with E-state index in [9.17, 15) is 4.79 Å².